The number of hydrogen-bond donors (Lipinski definition) is 1. The molecule has 4 heteroatoms. The molecule has 0 unspecified atom stereocenters. The van der Waals surface area contributed by atoms with E-state index in [9.17, 15) is 4.79 Å². The van der Waals surface area contributed by atoms with Gasteiger partial charge in [-0.2, -0.15) is 0 Å². The van der Waals surface area contributed by atoms with Crippen molar-refractivity contribution in [1.29, 1.82) is 0 Å². The highest BCUT2D eigenvalue weighted by Crippen LogP contribution is 2.53. The van der Waals surface area contributed by atoms with Crippen molar-refractivity contribution in [1.82, 2.24) is 5.32 Å². The highest BCUT2D eigenvalue weighted by Gasteiger charge is 2.60. The summed E-state index contributed by atoms with van der Waals surface area (Å²) in [7, 11) is 1.71. The largest absolute Gasteiger partial charge is 0.385 e. The molecule has 0 bridgehead atoms. The van der Waals surface area contributed by atoms with E-state index in [1.807, 2.05) is 0 Å². The number of amides is 1. The zero-order chi connectivity index (χ0) is 14.4. The van der Waals surface area contributed by atoms with E-state index in [1.165, 1.54) is 6.42 Å². The Bertz CT molecular complexity index is 389. The number of carbonyl (C=O) groups excluding carboxylic acids is 1. The first-order valence-corrected chi connectivity index (χ1v) is 7.93. The third-order valence-corrected chi connectivity index (χ3v) is 5.96. The Balaban J connectivity index is 1.64. The van der Waals surface area contributed by atoms with Crippen LogP contribution in [-0.2, 0) is 14.3 Å². The molecule has 0 aromatic heterocycles. The van der Waals surface area contributed by atoms with Gasteiger partial charge >= 0.3 is 0 Å². The van der Waals surface area contributed by atoms with Crippen LogP contribution in [0.15, 0.2) is 0 Å². The number of hydrogen-bond acceptors (Lipinski definition) is 3. The van der Waals surface area contributed by atoms with Crippen molar-refractivity contribution in [3.8, 4) is 0 Å². The zero-order valence-electron chi connectivity index (χ0n) is 12.9. The fraction of sp³-hybridized carbons (Fsp3) is 0.938. The summed E-state index contributed by atoms with van der Waals surface area (Å²) < 4.78 is 11.0. The molecule has 3 aliphatic rings. The molecule has 0 radical (unpaired) electrons. The van der Waals surface area contributed by atoms with Gasteiger partial charge in [0.25, 0.3) is 0 Å². The Hall–Kier alpha value is -0.610. The first-order chi connectivity index (χ1) is 9.51. The average molecular weight is 281 g/mol. The highest BCUT2D eigenvalue weighted by molar-refractivity contribution is 5.84. The highest BCUT2D eigenvalue weighted by atomic mass is 16.5. The Labute approximate surface area is 121 Å². The van der Waals surface area contributed by atoms with Crippen LogP contribution >= 0.6 is 0 Å². The van der Waals surface area contributed by atoms with E-state index < -0.39 is 0 Å². The molecule has 1 amide bonds. The second-order valence-electron chi connectivity index (χ2n) is 7.39. The monoisotopic (exact) mass is 281 g/mol. The van der Waals surface area contributed by atoms with Crippen LogP contribution in [0.5, 0.6) is 0 Å². The van der Waals surface area contributed by atoms with Crippen molar-refractivity contribution in [2.75, 3.05) is 20.3 Å². The second kappa shape index (κ2) is 4.99. The molecule has 3 rings (SSSR count). The molecule has 1 saturated heterocycles. The number of nitrogens with one attached hydrogen (secondary N) is 1. The summed E-state index contributed by atoms with van der Waals surface area (Å²) in [5, 5.41) is 3.36. The predicted octanol–water partition coefficient (Wildman–Crippen LogP) is 2.12. The van der Waals surface area contributed by atoms with Gasteiger partial charge in [0.1, 0.15) is 0 Å². The molecule has 1 aliphatic heterocycles. The maximum Gasteiger partial charge on any atom is 0.226 e. The van der Waals surface area contributed by atoms with Crippen molar-refractivity contribution in [2.45, 2.75) is 58.1 Å². The van der Waals surface area contributed by atoms with Crippen LogP contribution in [-0.4, -0.2) is 38.4 Å². The van der Waals surface area contributed by atoms with E-state index >= 15 is 0 Å². The van der Waals surface area contributed by atoms with Crippen molar-refractivity contribution < 1.29 is 14.3 Å². The topological polar surface area (TPSA) is 47.6 Å². The van der Waals surface area contributed by atoms with Gasteiger partial charge in [-0.3, -0.25) is 4.79 Å². The van der Waals surface area contributed by atoms with Gasteiger partial charge < -0.3 is 14.8 Å². The summed E-state index contributed by atoms with van der Waals surface area (Å²) in [5.41, 5.74) is -0.0837. The van der Waals surface area contributed by atoms with Gasteiger partial charge in [0.2, 0.25) is 5.91 Å². The summed E-state index contributed by atoms with van der Waals surface area (Å²) in [6.45, 7) is 5.96. The molecule has 0 spiro atoms. The van der Waals surface area contributed by atoms with Crippen LogP contribution in [0.1, 0.15) is 46.0 Å². The number of methoxy groups -OCH3 is 1. The molecule has 0 aromatic carbocycles. The molecular formula is C16H27NO3. The van der Waals surface area contributed by atoms with Gasteiger partial charge in [-0.25, -0.2) is 0 Å². The second-order valence-corrected chi connectivity index (χ2v) is 7.39. The Kier molecular flexibility index (Phi) is 3.57. The minimum atomic E-state index is -0.156. The van der Waals surface area contributed by atoms with Gasteiger partial charge in [-0.15, -0.1) is 0 Å². The molecule has 2 aliphatic carbocycles. The minimum Gasteiger partial charge on any atom is -0.385 e. The van der Waals surface area contributed by atoms with Gasteiger partial charge in [0, 0.05) is 37.7 Å². The fourth-order valence-electron chi connectivity index (χ4n) is 4.40. The summed E-state index contributed by atoms with van der Waals surface area (Å²) in [6, 6.07) is 0.280. The van der Waals surface area contributed by atoms with E-state index in [0.29, 0.717) is 18.6 Å². The molecule has 1 N–H and O–H groups in total. The van der Waals surface area contributed by atoms with Crippen LogP contribution in [0, 0.1) is 16.7 Å². The normalized spacial score (nSPS) is 36.6. The average Bonchev–Trinajstić information content (AvgIpc) is 2.81. The summed E-state index contributed by atoms with van der Waals surface area (Å²) in [6.07, 6.45) is 5.47. The number of fused-ring (bicyclic) bond motifs is 1. The van der Waals surface area contributed by atoms with E-state index in [0.717, 1.165) is 32.3 Å². The van der Waals surface area contributed by atoms with E-state index in [2.05, 4.69) is 19.2 Å². The van der Waals surface area contributed by atoms with Crippen LogP contribution < -0.4 is 5.32 Å². The number of ether oxygens (including phenoxy) is 2. The lowest BCUT2D eigenvalue weighted by molar-refractivity contribution is -0.151. The summed E-state index contributed by atoms with van der Waals surface area (Å²) >= 11 is 0. The number of rotatable bonds is 5. The van der Waals surface area contributed by atoms with Gasteiger partial charge in [0.05, 0.1) is 11.5 Å². The van der Waals surface area contributed by atoms with Gasteiger partial charge in [0.15, 0.2) is 0 Å². The van der Waals surface area contributed by atoms with Crippen LogP contribution in [0.2, 0.25) is 0 Å². The van der Waals surface area contributed by atoms with Crippen molar-refractivity contribution in [3.05, 3.63) is 0 Å². The summed E-state index contributed by atoms with van der Waals surface area (Å²) in [5.74, 6) is 0.776. The molecule has 2 saturated carbocycles. The Morgan fingerprint density at radius 3 is 2.75 bits per heavy atom. The molecule has 3 fully saturated rings. The van der Waals surface area contributed by atoms with Crippen molar-refractivity contribution >= 4 is 5.91 Å². The molecular weight excluding hydrogens is 254 g/mol. The van der Waals surface area contributed by atoms with Crippen molar-refractivity contribution in [3.63, 3.8) is 0 Å². The molecule has 3 atom stereocenters. The first-order valence-electron chi connectivity index (χ1n) is 7.93. The zero-order valence-corrected chi connectivity index (χ0v) is 12.9. The Morgan fingerprint density at radius 1 is 1.40 bits per heavy atom. The number of carbonyl (C=O) groups is 1. The first kappa shape index (κ1) is 14.3. The SMILES string of the molecule is COCCC1(C(=O)N[C@@H]2[C@H]3CCO[C@H]3C2(C)C)CCC1. The lowest BCUT2D eigenvalue weighted by Gasteiger charge is -2.55. The lowest BCUT2D eigenvalue weighted by atomic mass is 9.56. The van der Waals surface area contributed by atoms with Crippen molar-refractivity contribution in [2.24, 2.45) is 16.7 Å². The summed E-state index contributed by atoms with van der Waals surface area (Å²) in [4.78, 5) is 12.7. The van der Waals surface area contributed by atoms with Gasteiger partial charge in [-0.05, 0) is 25.7 Å². The molecule has 4 nitrogen and oxygen atoms in total. The lowest BCUT2D eigenvalue weighted by Crippen LogP contribution is -2.68. The van der Waals surface area contributed by atoms with Crippen LogP contribution in [0.4, 0.5) is 0 Å². The maximum absolute atomic E-state index is 12.7. The third kappa shape index (κ3) is 2.00. The molecule has 20 heavy (non-hydrogen) atoms. The quantitative estimate of drug-likeness (QED) is 0.839. The van der Waals surface area contributed by atoms with Crippen LogP contribution in [0.3, 0.4) is 0 Å². The van der Waals surface area contributed by atoms with E-state index in [1.54, 1.807) is 7.11 Å². The predicted molar refractivity (Wildman–Crippen MR) is 76.3 cm³/mol. The molecule has 114 valence electrons. The van der Waals surface area contributed by atoms with E-state index in [4.69, 9.17) is 9.47 Å². The standard InChI is InChI=1S/C16H27NO3/c1-15(2)12(11-5-9-20-13(11)15)17-14(18)16(6-4-7-16)8-10-19-3/h11-13H,4-10H2,1-3H3,(H,17,18)/t11-,12-,13-/m1/s1. The maximum atomic E-state index is 12.7. The molecule has 1 heterocycles. The van der Waals surface area contributed by atoms with E-state index in [-0.39, 0.29) is 22.8 Å². The Morgan fingerprint density at radius 2 is 2.15 bits per heavy atom. The van der Waals surface area contributed by atoms with Gasteiger partial charge in [-0.1, -0.05) is 20.3 Å². The van der Waals surface area contributed by atoms with Crippen LogP contribution in [0.25, 0.3) is 0 Å². The molecule has 0 aromatic rings. The third-order valence-electron chi connectivity index (χ3n) is 5.96. The smallest absolute Gasteiger partial charge is 0.226 e. The fourth-order valence-corrected chi connectivity index (χ4v) is 4.40. The minimum absolute atomic E-state index is 0.0724.